The van der Waals surface area contributed by atoms with Crippen molar-refractivity contribution in [1.29, 1.82) is 0 Å². The Morgan fingerprint density at radius 1 is 1.07 bits per heavy atom. The number of alkyl halides is 1. The van der Waals surface area contributed by atoms with E-state index in [1.165, 1.54) is 12.8 Å². The molecule has 0 amide bonds. The molecule has 0 aromatic heterocycles. The van der Waals surface area contributed by atoms with Crippen LogP contribution in [0.2, 0.25) is 0 Å². The summed E-state index contributed by atoms with van der Waals surface area (Å²) in [5, 5.41) is 0. The maximum Gasteiger partial charge on any atom is 0.305 e. The summed E-state index contributed by atoms with van der Waals surface area (Å²) in [6.45, 7) is 2.67. The molecule has 0 aliphatic rings. The fourth-order valence-electron chi connectivity index (χ4n) is 1.30. The number of carbonyl (C=O) groups is 1. The molecule has 0 fully saturated rings. The second-order valence-electron chi connectivity index (χ2n) is 3.78. The van der Waals surface area contributed by atoms with Crippen LogP contribution in [-0.4, -0.2) is 18.5 Å². The minimum Gasteiger partial charge on any atom is -0.466 e. The predicted molar refractivity (Wildman–Crippen MR) is 64.3 cm³/mol. The first-order valence-corrected chi connectivity index (χ1v) is 6.56. The van der Waals surface area contributed by atoms with E-state index in [9.17, 15) is 4.79 Å². The van der Waals surface area contributed by atoms with E-state index in [-0.39, 0.29) is 5.97 Å². The number of hydrogen-bond acceptors (Lipinski definition) is 2. The SMILES string of the molecule is CCCCOC(=O)CCCCCCCCl. The Morgan fingerprint density at radius 2 is 1.73 bits per heavy atom. The molecule has 0 saturated heterocycles. The third kappa shape index (κ3) is 11.7. The van der Waals surface area contributed by atoms with Gasteiger partial charge in [0.2, 0.25) is 0 Å². The Hall–Kier alpha value is -0.240. The van der Waals surface area contributed by atoms with Crippen LogP contribution in [0.1, 0.15) is 58.3 Å². The molecular weight excluding hydrogens is 212 g/mol. The lowest BCUT2D eigenvalue weighted by Crippen LogP contribution is -2.05. The van der Waals surface area contributed by atoms with Crippen molar-refractivity contribution in [2.45, 2.75) is 58.3 Å². The molecule has 0 rings (SSSR count). The van der Waals surface area contributed by atoms with Gasteiger partial charge in [-0.1, -0.05) is 32.6 Å². The smallest absolute Gasteiger partial charge is 0.305 e. The zero-order chi connectivity index (χ0) is 11.4. The molecule has 90 valence electrons. The number of halogens is 1. The van der Waals surface area contributed by atoms with E-state index in [2.05, 4.69) is 6.92 Å². The first-order valence-electron chi connectivity index (χ1n) is 6.02. The first kappa shape index (κ1) is 14.8. The summed E-state index contributed by atoms with van der Waals surface area (Å²) in [7, 11) is 0. The lowest BCUT2D eigenvalue weighted by molar-refractivity contribution is -0.143. The molecule has 0 bridgehead atoms. The Balaban J connectivity index is 3.10. The average molecular weight is 235 g/mol. The van der Waals surface area contributed by atoms with Gasteiger partial charge >= 0.3 is 5.97 Å². The molecular formula is C12H23ClO2. The highest BCUT2D eigenvalue weighted by atomic mass is 35.5. The van der Waals surface area contributed by atoms with Crippen molar-refractivity contribution < 1.29 is 9.53 Å². The van der Waals surface area contributed by atoms with Gasteiger partial charge in [-0.3, -0.25) is 4.79 Å². The maximum atomic E-state index is 11.2. The van der Waals surface area contributed by atoms with Gasteiger partial charge < -0.3 is 4.74 Å². The van der Waals surface area contributed by atoms with Gasteiger partial charge in [0.25, 0.3) is 0 Å². The minimum atomic E-state index is -0.0409. The molecule has 3 heteroatoms. The summed E-state index contributed by atoms with van der Waals surface area (Å²) < 4.78 is 5.05. The van der Waals surface area contributed by atoms with Gasteiger partial charge in [-0.15, -0.1) is 11.6 Å². The zero-order valence-corrected chi connectivity index (χ0v) is 10.5. The second kappa shape index (κ2) is 11.8. The van der Waals surface area contributed by atoms with Gasteiger partial charge in [-0.2, -0.15) is 0 Å². The van der Waals surface area contributed by atoms with Crippen LogP contribution in [0.4, 0.5) is 0 Å². The van der Waals surface area contributed by atoms with Crippen molar-refractivity contribution in [3.63, 3.8) is 0 Å². The first-order chi connectivity index (χ1) is 7.31. The Bertz CT molecular complexity index is 149. The van der Waals surface area contributed by atoms with E-state index in [0.29, 0.717) is 13.0 Å². The Labute approximate surface area is 98.3 Å². The van der Waals surface area contributed by atoms with Gasteiger partial charge in [-0.25, -0.2) is 0 Å². The molecule has 0 radical (unpaired) electrons. The number of carbonyl (C=O) groups excluding carboxylic acids is 1. The molecule has 0 saturated carbocycles. The molecule has 0 aliphatic heterocycles. The highest BCUT2D eigenvalue weighted by Crippen LogP contribution is 2.06. The van der Waals surface area contributed by atoms with Crippen molar-refractivity contribution in [3.05, 3.63) is 0 Å². The zero-order valence-electron chi connectivity index (χ0n) is 9.77. The second-order valence-corrected chi connectivity index (χ2v) is 4.16. The van der Waals surface area contributed by atoms with Gasteiger partial charge in [-0.05, 0) is 19.3 Å². The quantitative estimate of drug-likeness (QED) is 0.326. The van der Waals surface area contributed by atoms with Gasteiger partial charge in [0.05, 0.1) is 6.61 Å². The molecule has 0 unspecified atom stereocenters. The number of unbranched alkanes of at least 4 members (excludes halogenated alkanes) is 5. The molecule has 2 nitrogen and oxygen atoms in total. The largest absolute Gasteiger partial charge is 0.466 e. The van der Waals surface area contributed by atoms with Crippen LogP contribution in [0.3, 0.4) is 0 Å². The van der Waals surface area contributed by atoms with E-state index in [0.717, 1.165) is 38.0 Å². The number of rotatable bonds is 10. The van der Waals surface area contributed by atoms with Crippen LogP contribution in [0.15, 0.2) is 0 Å². The minimum absolute atomic E-state index is 0.0409. The Kier molecular flexibility index (Phi) is 11.6. The normalized spacial score (nSPS) is 10.3. The fraction of sp³-hybridized carbons (Fsp3) is 0.917. The summed E-state index contributed by atoms with van der Waals surface area (Å²) in [4.78, 5) is 11.2. The van der Waals surface area contributed by atoms with Crippen LogP contribution in [0, 0.1) is 0 Å². The lowest BCUT2D eigenvalue weighted by Gasteiger charge is -2.03. The number of ether oxygens (including phenoxy) is 1. The van der Waals surface area contributed by atoms with Crippen LogP contribution in [-0.2, 0) is 9.53 Å². The topological polar surface area (TPSA) is 26.3 Å². The van der Waals surface area contributed by atoms with Gasteiger partial charge in [0.15, 0.2) is 0 Å². The standard InChI is InChI=1S/C12H23ClO2/c1-2-3-11-15-12(14)9-7-5-4-6-8-10-13/h2-11H2,1H3. The van der Waals surface area contributed by atoms with Crippen LogP contribution in [0.5, 0.6) is 0 Å². The summed E-state index contributed by atoms with van der Waals surface area (Å²) >= 11 is 5.56. The van der Waals surface area contributed by atoms with E-state index >= 15 is 0 Å². The molecule has 0 aliphatic carbocycles. The Morgan fingerprint density at radius 3 is 2.40 bits per heavy atom. The third-order valence-corrected chi connectivity index (χ3v) is 2.54. The lowest BCUT2D eigenvalue weighted by atomic mass is 10.1. The van der Waals surface area contributed by atoms with Gasteiger partial charge in [0, 0.05) is 12.3 Å². The van der Waals surface area contributed by atoms with Crippen molar-refractivity contribution >= 4 is 17.6 Å². The summed E-state index contributed by atoms with van der Waals surface area (Å²) in [5.74, 6) is 0.708. The van der Waals surface area contributed by atoms with E-state index in [1.807, 2.05) is 0 Å². The van der Waals surface area contributed by atoms with E-state index in [4.69, 9.17) is 16.3 Å². The molecule has 0 aromatic rings. The van der Waals surface area contributed by atoms with Gasteiger partial charge in [0.1, 0.15) is 0 Å². The van der Waals surface area contributed by atoms with E-state index < -0.39 is 0 Å². The molecule has 15 heavy (non-hydrogen) atoms. The van der Waals surface area contributed by atoms with Crippen molar-refractivity contribution in [2.24, 2.45) is 0 Å². The molecule has 0 spiro atoms. The molecule has 0 N–H and O–H groups in total. The fourth-order valence-corrected chi connectivity index (χ4v) is 1.49. The van der Waals surface area contributed by atoms with E-state index in [1.54, 1.807) is 0 Å². The predicted octanol–water partition coefficient (Wildman–Crippen LogP) is 3.91. The van der Waals surface area contributed by atoms with Crippen molar-refractivity contribution in [3.8, 4) is 0 Å². The number of hydrogen-bond donors (Lipinski definition) is 0. The third-order valence-electron chi connectivity index (χ3n) is 2.28. The molecule has 0 aromatic carbocycles. The highest BCUT2D eigenvalue weighted by Gasteiger charge is 2.01. The van der Waals surface area contributed by atoms with Crippen molar-refractivity contribution in [1.82, 2.24) is 0 Å². The molecule has 0 heterocycles. The molecule has 0 atom stereocenters. The van der Waals surface area contributed by atoms with Crippen LogP contribution in [0.25, 0.3) is 0 Å². The summed E-state index contributed by atoms with van der Waals surface area (Å²) in [6, 6.07) is 0. The highest BCUT2D eigenvalue weighted by molar-refractivity contribution is 6.17. The van der Waals surface area contributed by atoms with Crippen LogP contribution >= 0.6 is 11.6 Å². The van der Waals surface area contributed by atoms with Crippen LogP contribution < -0.4 is 0 Å². The maximum absolute atomic E-state index is 11.2. The summed E-state index contributed by atoms with van der Waals surface area (Å²) in [6.07, 6.45) is 8.12. The summed E-state index contributed by atoms with van der Waals surface area (Å²) in [5.41, 5.74) is 0. The monoisotopic (exact) mass is 234 g/mol. The van der Waals surface area contributed by atoms with Crippen molar-refractivity contribution in [2.75, 3.05) is 12.5 Å². The number of esters is 1. The average Bonchev–Trinajstić information content (AvgIpc) is 2.23.